The first-order valence-electron chi connectivity index (χ1n) is 7.24. The van der Waals surface area contributed by atoms with Gasteiger partial charge in [-0.2, -0.15) is 0 Å². The van der Waals surface area contributed by atoms with E-state index in [0.717, 1.165) is 0 Å². The summed E-state index contributed by atoms with van der Waals surface area (Å²) in [5, 5.41) is 0. The minimum atomic E-state index is -1.91. The summed E-state index contributed by atoms with van der Waals surface area (Å²) < 4.78 is 8.74. The Balaban J connectivity index is 4.29. The third-order valence-corrected chi connectivity index (χ3v) is 2.78. The second kappa shape index (κ2) is 11.7. The maximum absolute atomic E-state index is 11.6. The third-order valence-electron chi connectivity index (χ3n) is 2.78. The molecule has 0 aromatic carbocycles. The number of carbonyl (C=O) groups excluding carboxylic acids is 4. The van der Waals surface area contributed by atoms with E-state index in [1.807, 2.05) is 0 Å². The number of rotatable bonds is 10. The molecule has 0 rings (SSSR count). The summed E-state index contributed by atoms with van der Waals surface area (Å²) in [6, 6.07) is -2.93. The molecule has 0 aromatic rings. The Morgan fingerprint density at radius 2 is 1.35 bits per heavy atom. The summed E-state index contributed by atoms with van der Waals surface area (Å²) >= 11 is 0. The normalized spacial score (nSPS) is 13.0. The first kappa shape index (κ1) is 21.1. The first-order chi connectivity index (χ1) is 10.8. The molecular weight excluding hydrogens is 308 g/mol. The topological polar surface area (TPSA) is 191 Å². The van der Waals surface area contributed by atoms with Crippen molar-refractivity contribution in [2.45, 2.75) is 44.2 Å². The van der Waals surface area contributed by atoms with Gasteiger partial charge < -0.3 is 32.4 Å². The Labute approximate surface area is 133 Å². The van der Waals surface area contributed by atoms with Gasteiger partial charge in [-0.25, -0.2) is 14.4 Å². The number of esters is 4. The maximum atomic E-state index is 11.6. The Kier molecular flexibility index (Phi) is 10.7. The Hall–Kier alpha value is -1.88. The Morgan fingerprint density at radius 3 is 1.91 bits per heavy atom. The lowest BCUT2D eigenvalue weighted by Crippen LogP contribution is -2.45. The van der Waals surface area contributed by atoms with Crippen LogP contribution in [0.25, 0.3) is 0 Å². The van der Waals surface area contributed by atoms with Crippen LogP contribution in [-0.2, 0) is 28.7 Å². The standard InChI is InChI=1S/C13H24N4O6/c14-6-2-1-4-8(16)11(19)23-13(21)10(17)12(20)22-9(18)5-3-7-15/h8,10H,1-7,14-17H2. The fourth-order valence-corrected chi connectivity index (χ4v) is 1.43. The van der Waals surface area contributed by atoms with Crippen molar-refractivity contribution in [3.8, 4) is 0 Å². The summed E-state index contributed by atoms with van der Waals surface area (Å²) in [6.45, 7) is 0.698. The highest BCUT2D eigenvalue weighted by Crippen LogP contribution is 2.02. The second-order valence-electron chi connectivity index (χ2n) is 4.79. The lowest BCUT2D eigenvalue weighted by molar-refractivity contribution is -0.167. The molecular formula is C13H24N4O6. The van der Waals surface area contributed by atoms with Crippen molar-refractivity contribution in [3.05, 3.63) is 0 Å². The molecule has 2 atom stereocenters. The van der Waals surface area contributed by atoms with Crippen LogP contribution in [0, 0.1) is 0 Å². The molecule has 23 heavy (non-hydrogen) atoms. The number of nitrogens with two attached hydrogens (primary N) is 4. The van der Waals surface area contributed by atoms with Crippen molar-refractivity contribution in [3.63, 3.8) is 0 Å². The van der Waals surface area contributed by atoms with Crippen LogP contribution >= 0.6 is 0 Å². The molecule has 0 radical (unpaired) electrons. The van der Waals surface area contributed by atoms with Gasteiger partial charge in [0.25, 0.3) is 0 Å². The van der Waals surface area contributed by atoms with Gasteiger partial charge in [-0.1, -0.05) is 6.42 Å². The fourth-order valence-electron chi connectivity index (χ4n) is 1.43. The van der Waals surface area contributed by atoms with Crippen molar-refractivity contribution in [1.29, 1.82) is 0 Å². The van der Waals surface area contributed by atoms with Crippen LogP contribution in [0.2, 0.25) is 0 Å². The molecule has 0 aliphatic rings. The number of hydrogen-bond donors (Lipinski definition) is 4. The highest BCUT2D eigenvalue weighted by atomic mass is 16.6. The van der Waals surface area contributed by atoms with Gasteiger partial charge in [0.2, 0.25) is 6.04 Å². The van der Waals surface area contributed by atoms with Crippen molar-refractivity contribution < 1.29 is 28.7 Å². The zero-order chi connectivity index (χ0) is 17.8. The largest absolute Gasteiger partial charge is 0.392 e. The fraction of sp³-hybridized carbons (Fsp3) is 0.692. The van der Waals surface area contributed by atoms with Crippen LogP contribution in [-0.4, -0.2) is 49.1 Å². The van der Waals surface area contributed by atoms with Crippen molar-refractivity contribution in [2.24, 2.45) is 22.9 Å². The third kappa shape index (κ3) is 8.98. The van der Waals surface area contributed by atoms with Gasteiger partial charge in [-0.05, 0) is 32.4 Å². The molecule has 132 valence electrons. The van der Waals surface area contributed by atoms with E-state index in [-0.39, 0.29) is 19.4 Å². The summed E-state index contributed by atoms with van der Waals surface area (Å²) in [7, 11) is 0. The van der Waals surface area contributed by atoms with E-state index >= 15 is 0 Å². The van der Waals surface area contributed by atoms with Gasteiger partial charge in [-0.3, -0.25) is 4.79 Å². The maximum Gasteiger partial charge on any atom is 0.342 e. The molecule has 0 aliphatic carbocycles. The van der Waals surface area contributed by atoms with Crippen molar-refractivity contribution in [2.75, 3.05) is 13.1 Å². The minimum absolute atomic E-state index is 0.0883. The first-order valence-corrected chi connectivity index (χ1v) is 7.24. The molecule has 8 N–H and O–H groups in total. The Bertz CT molecular complexity index is 429. The summed E-state index contributed by atoms with van der Waals surface area (Å²) in [5.74, 6) is -4.51. The van der Waals surface area contributed by atoms with E-state index in [1.165, 1.54) is 0 Å². The summed E-state index contributed by atoms with van der Waals surface area (Å²) in [4.78, 5) is 45.8. The summed E-state index contributed by atoms with van der Waals surface area (Å²) in [6.07, 6.45) is 1.77. The molecule has 0 saturated heterocycles. The van der Waals surface area contributed by atoms with Crippen LogP contribution in [0.15, 0.2) is 0 Å². The van der Waals surface area contributed by atoms with Crippen molar-refractivity contribution >= 4 is 23.9 Å². The van der Waals surface area contributed by atoms with E-state index in [1.54, 1.807) is 0 Å². The molecule has 10 heteroatoms. The van der Waals surface area contributed by atoms with Gasteiger partial charge in [-0.15, -0.1) is 0 Å². The lowest BCUT2D eigenvalue weighted by Gasteiger charge is -2.12. The number of carbonyl (C=O) groups is 4. The van der Waals surface area contributed by atoms with E-state index in [2.05, 4.69) is 9.47 Å². The van der Waals surface area contributed by atoms with Crippen LogP contribution in [0.5, 0.6) is 0 Å². The number of unbranched alkanes of at least 4 members (excludes halogenated alkanes) is 1. The zero-order valence-electron chi connectivity index (χ0n) is 12.9. The predicted molar refractivity (Wildman–Crippen MR) is 79.3 cm³/mol. The molecule has 0 heterocycles. The molecule has 0 bridgehead atoms. The van der Waals surface area contributed by atoms with E-state index in [4.69, 9.17) is 22.9 Å². The molecule has 2 unspecified atom stereocenters. The highest BCUT2D eigenvalue weighted by molar-refractivity contribution is 6.05. The van der Waals surface area contributed by atoms with Gasteiger partial charge in [0.15, 0.2) is 0 Å². The monoisotopic (exact) mass is 332 g/mol. The molecule has 0 aliphatic heterocycles. The van der Waals surface area contributed by atoms with Crippen LogP contribution in [0.1, 0.15) is 32.1 Å². The van der Waals surface area contributed by atoms with Crippen LogP contribution in [0.3, 0.4) is 0 Å². The smallest absolute Gasteiger partial charge is 0.342 e. The molecule has 0 fully saturated rings. The molecule has 0 saturated carbocycles. The highest BCUT2D eigenvalue weighted by Gasteiger charge is 2.30. The molecule has 10 nitrogen and oxygen atoms in total. The minimum Gasteiger partial charge on any atom is -0.392 e. The molecule has 0 spiro atoms. The van der Waals surface area contributed by atoms with Gasteiger partial charge in [0, 0.05) is 6.42 Å². The van der Waals surface area contributed by atoms with Crippen molar-refractivity contribution in [1.82, 2.24) is 0 Å². The van der Waals surface area contributed by atoms with Crippen LogP contribution < -0.4 is 22.9 Å². The average Bonchev–Trinajstić information content (AvgIpc) is 2.51. The quantitative estimate of drug-likeness (QED) is 0.191. The average molecular weight is 332 g/mol. The van der Waals surface area contributed by atoms with E-state index < -0.39 is 36.0 Å². The van der Waals surface area contributed by atoms with E-state index in [9.17, 15) is 19.2 Å². The lowest BCUT2D eigenvalue weighted by atomic mass is 10.1. The van der Waals surface area contributed by atoms with Gasteiger partial charge in [0.1, 0.15) is 6.04 Å². The number of hydrogen-bond acceptors (Lipinski definition) is 10. The van der Waals surface area contributed by atoms with Crippen LogP contribution in [0.4, 0.5) is 0 Å². The second-order valence-corrected chi connectivity index (χ2v) is 4.79. The number of ether oxygens (including phenoxy) is 2. The van der Waals surface area contributed by atoms with Gasteiger partial charge in [0.05, 0.1) is 0 Å². The van der Waals surface area contributed by atoms with E-state index in [0.29, 0.717) is 25.8 Å². The predicted octanol–water partition coefficient (Wildman–Crippen LogP) is -2.35. The molecule has 0 amide bonds. The zero-order valence-corrected chi connectivity index (χ0v) is 12.9. The summed E-state index contributed by atoms with van der Waals surface area (Å²) in [5.41, 5.74) is 21.3. The Morgan fingerprint density at radius 1 is 0.783 bits per heavy atom. The van der Waals surface area contributed by atoms with Gasteiger partial charge >= 0.3 is 23.9 Å². The molecule has 0 aromatic heterocycles. The SMILES string of the molecule is NCCCCC(N)C(=O)OC(=O)C(N)C(=O)OC(=O)CCCN.